The second-order valence-electron chi connectivity index (χ2n) is 4.59. The quantitative estimate of drug-likeness (QED) is 0.757. The lowest BCUT2D eigenvalue weighted by Gasteiger charge is -2.15. The Balaban J connectivity index is 2.89. The van der Waals surface area contributed by atoms with Gasteiger partial charge in [0.2, 0.25) is 5.91 Å². The highest BCUT2D eigenvalue weighted by molar-refractivity contribution is 5.97. The van der Waals surface area contributed by atoms with Crippen LogP contribution in [0.1, 0.15) is 29.8 Å². The van der Waals surface area contributed by atoms with E-state index in [2.05, 4.69) is 5.32 Å². The fourth-order valence-electron chi connectivity index (χ4n) is 1.46. The molecule has 1 aromatic carbocycles. The molecule has 0 aliphatic heterocycles. The normalized spacial score (nSPS) is 12.3. The summed E-state index contributed by atoms with van der Waals surface area (Å²) in [6.45, 7) is 5.40. The Labute approximate surface area is 106 Å². The molecule has 0 fully saturated rings. The van der Waals surface area contributed by atoms with Crippen LogP contribution in [0.4, 0.5) is 5.69 Å². The summed E-state index contributed by atoms with van der Waals surface area (Å²) in [6.07, 6.45) is 0. The Kier molecular flexibility index (Phi) is 4.44. The Bertz CT molecular complexity index is 469. The summed E-state index contributed by atoms with van der Waals surface area (Å²) in [5, 5.41) is 11.6. The van der Waals surface area contributed by atoms with E-state index in [1.165, 1.54) is 6.07 Å². The maximum absolute atomic E-state index is 11.7. The van der Waals surface area contributed by atoms with Crippen LogP contribution in [0.2, 0.25) is 0 Å². The zero-order valence-corrected chi connectivity index (χ0v) is 10.7. The van der Waals surface area contributed by atoms with Crippen molar-refractivity contribution in [1.82, 2.24) is 0 Å². The van der Waals surface area contributed by atoms with Gasteiger partial charge >= 0.3 is 5.97 Å². The number of rotatable bonds is 4. The minimum atomic E-state index is -1.02. The molecule has 5 nitrogen and oxygen atoms in total. The van der Waals surface area contributed by atoms with Gasteiger partial charge in [-0.2, -0.15) is 0 Å². The van der Waals surface area contributed by atoms with Gasteiger partial charge in [-0.3, -0.25) is 4.79 Å². The highest BCUT2D eigenvalue weighted by Crippen LogP contribution is 2.16. The summed E-state index contributed by atoms with van der Waals surface area (Å²) in [7, 11) is 0. The van der Waals surface area contributed by atoms with E-state index in [9.17, 15) is 9.59 Å². The molecule has 0 bridgehead atoms. The molecular weight excluding hydrogens is 232 g/mol. The van der Waals surface area contributed by atoms with E-state index in [0.29, 0.717) is 11.3 Å². The van der Waals surface area contributed by atoms with Gasteiger partial charge in [0.1, 0.15) is 0 Å². The van der Waals surface area contributed by atoms with E-state index in [4.69, 9.17) is 10.8 Å². The van der Waals surface area contributed by atoms with Crippen LogP contribution >= 0.6 is 0 Å². The number of benzene rings is 1. The second kappa shape index (κ2) is 5.64. The minimum absolute atomic E-state index is 0.0226. The van der Waals surface area contributed by atoms with Crippen LogP contribution in [0.15, 0.2) is 18.2 Å². The largest absolute Gasteiger partial charge is 0.478 e. The van der Waals surface area contributed by atoms with E-state index >= 15 is 0 Å². The molecule has 1 rings (SSSR count). The van der Waals surface area contributed by atoms with Gasteiger partial charge in [0.15, 0.2) is 0 Å². The number of hydrogen-bond acceptors (Lipinski definition) is 3. The molecule has 1 amide bonds. The summed E-state index contributed by atoms with van der Waals surface area (Å²) in [6, 6.07) is 4.13. The number of hydrogen-bond donors (Lipinski definition) is 3. The van der Waals surface area contributed by atoms with Crippen LogP contribution in [-0.4, -0.2) is 23.0 Å². The van der Waals surface area contributed by atoms with Crippen molar-refractivity contribution in [3.05, 3.63) is 29.3 Å². The van der Waals surface area contributed by atoms with Gasteiger partial charge in [0, 0.05) is 5.69 Å². The Morgan fingerprint density at radius 1 is 1.33 bits per heavy atom. The average molecular weight is 250 g/mol. The summed E-state index contributed by atoms with van der Waals surface area (Å²) in [4.78, 5) is 22.7. The molecule has 0 spiro atoms. The number of amides is 1. The van der Waals surface area contributed by atoms with E-state index in [-0.39, 0.29) is 17.4 Å². The minimum Gasteiger partial charge on any atom is -0.478 e. The molecule has 0 aromatic heterocycles. The molecule has 5 heteroatoms. The number of aryl methyl sites for hydroxylation is 1. The Hall–Kier alpha value is -1.88. The first-order chi connectivity index (χ1) is 8.32. The van der Waals surface area contributed by atoms with Gasteiger partial charge in [0.25, 0.3) is 0 Å². The molecule has 0 unspecified atom stereocenters. The van der Waals surface area contributed by atoms with E-state index in [1.807, 2.05) is 13.8 Å². The van der Waals surface area contributed by atoms with Crippen molar-refractivity contribution in [3.8, 4) is 0 Å². The lowest BCUT2D eigenvalue weighted by atomic mass is 10.0. The van der Waals surface area contributed by atoms with Crippen molar-refractivity contribution in [1.29, 1.82) is 0 Å². The topological polar surface area (TPSA) is 92.4 Å². The fourth-order valence-corrected chi connectivity index (χ4v) is 1.46. The zero-order valence-electron chi connectivity index (χ0n) is 10.7. The summed E-state index contributed by atoms with van der Waals surface area (Å²) >= 11 is 0. The number of carbonyl (C=O) groups is 2. The first-order valence-corrected chi connectivity index (χ1v) is 5.73. The maximum atomic E-state index is 11.7. The summed E-state index contributed by atoms with van der Waals surface area (Å²) in [5.74, 6) is -1.31. The lowest BCUT2D eigenvalue weighted by molar-refractivity contribution is -0.118. The predicted octanol–water partition coefficient (Wildman–Crippen LogP) is 1.62. The molecule has 0 aliphatic carbocycles. The predicted molar refractivity (Wildman–Crippen MR) is 69.6 cm³/mol. The smallest absolute Gasteiger partial charge is 0.336 e. The average Bonchev–Trinajstić information content (AvgIpc) is 2.29. The van der Waals surface area contributed by atoms with Crippen LogP contribution in [0.25, 0.3) is 0 Å². The third-order valence-corrected chi connectivity index (χ3v) is 2.76. The van der Waals surface area contributed by atoms with Crippen LogP contribution in [0.3, 0.4) is 0 Å². The third-order valence-electron chi connectivity index (χ3n) is 2.76. The van der Waals surface area contributed by atoms with Gasteiger partial charge in [-0.25, -0.2) is 4.79 Å². The molecule has 18 heavy (non-hydrogen) atoms. The van der Waals surface area contributed by atoms with Crippen molar-refractivity contribution in [2.75, 3.05) is 5.32 Å². The maximum Gasteiger partial charge on any atom is 0.336 e. The van der Waals surface area contributed by atoms with Crippen molar-refractivity contribution in [3.63, 3.8) is 0 Å². The highest BCUT2D eigenvalue weighted by Gasteiger charge is 2.17. The van der Waals surface area contributed by atoms with Crippen molar-refractivity contribution in [2.24, 2.45) is 11.7 Å². The van der Waals surface area contributed by atoms with E-state index < -0.39 is 12.0 Å². The summed E-state index contributed by atoms with van der Waals surface area (Å²) < 4.78 is 0. The van der Waals surface area contributed by atoms with Gasteiger partial charge in [-0.05, 0) is 30.5 Å². The molecule has 0 aliphatic rings. The number of anilines is 1. The molecule has 0 radical (unpaired) electrons. The first-order valence-electron chi connectivity index (χ1n) is 5.73. The monoisotopic (exact) mass is 250 g/mol. The summed E-state index contributed by atoms with van der Waals surface area (Å²) in [5.41, 5.74) is 6.97. The van der Waals surface area contributed by atoms with E-state index in [0.717, 1.165) is 0 Å². The van der Waals surface area contributed by atoms with Gasteiger partial charge in [-0.15, -0.1) is 0 Å². The number of aromatic carboxylic acids is 1. The van der Waals surface area contributed by atoms with Gasteiger partial charge < -0.3 is 16.2 Å². The van der Waals surface area contributed by atoms with Gasteiger partial charge in [0.05, 0.1) is 11.6 Å². The van der Waals surface area contributed by atoms with E-state index in [1.54, 1.807) is 19.1 Å². The third kappa shape index (κ3) is 3.30. The first kappa shape index (κ1) is 14.2. The fraction of sp³-hybridized carbons (Fsp3) is 0.385. The lowest BCUT2D eigenvalue weighted by Crippen LogP contribution is -2.39. The number of carboxylic acid groups (broad SMARTS) is 1. The number of carbonyl (C=O) groups excluding carboxylic acids is 1. The van der Waals surface area contributed by atoms with Crippen molar-refractivity contribution < 1.29 is 14.7 Å². The molecule has 1 aromatic rings. The zero-order chi connectivity index (χ0) is 13.9. The van der Waals surface area contributed by atoms with Crippen LogP contribution < -0.4 is 11.1 Å². The SMILES string of the molecule is Cc1ccc(NC(=O)[C@@H](N)C(C)C)cc1C(=O)O. The van der Waals surface area contributed by atoms with Crippen LogP contribution in [-0.2, 0) is 4.79 Å². The Morgan fingerprint density at radius 3 is 2.44 bits per heavy atom. The molecule has 0 heterocycles. The molecular formula is C13H18N2O3. The second-order valence-corrected chi connectivity index (χ2v) is 4.59. The number of carboxylic acids is 1. The molecule has 1 atom stereocenters. The van der Waals surface area contributed by atoms with Crippen LogP contribution in [0, 0.1) is 12.8 Å². The van der Waals surface area contributed by atoms with Crippen molar-refractivity contribution in [2.45, 2.75) is 26.8 Å². The van der Waals surface area contributed by atoms with Crippen LogP contribution in [0.5, 0.6) is 0 Å². The molecule has 0 saturated heterocycles. The molecule has 0 saturated carbocycles. The molecule has 4 N–H and O–H groups in total. The van der Waals surface area contributed by atoms with Gasteiger partial charge in [-0.1, -0.05) is 19.9 Å². The highest BCUT2D eigenvalue weighted by atomic mass is 16.4. The molecule has 98 valence electrons. The Morgan fingerprint density at radius 2 is 1.94 bits per heavy atom. The number of nitrogens with two attached hydrogens (primary N) is 1. The van der Waals surface area contributed by atoms with Crippen molar-refractivity contribution >= 4 is 17.6 Å². The number of nitrogens with one attached hydrogen (secondary N) is 1. The standard InChI is InChI=1S/C13H18N2O3/c1-7(2)11(14)12(16)15-9-5-4-8(3)10(6-9)13(17)18/h4-7,11H,14H2,1-3H3,(H,15,16)(H,17,18)/t11-/m0/s1.